The minimum Gasteiger partial charge on any atom is -0.316 e. The first-order valence-electron chi connectivity index (χ1n) is 23.0. The lowest BCUT2D eigenvalue weighted by Crippen LogP contribution is -2.25. The maximum absolute atomic E-state index is 5.19. The molecule has 0 amide bonds. The molecule has 0 aliphatic rings. The smallest absolute Gasteiger partial charge is 0.145 e. The van der Waals surface area contributed by atoms with E-state index >= 15 is 0 Å². The Labute approximate surface area is 381 Å². The van der Waals surface area contributed by atoms with Crippen LogP contribution >= 0.6 is 0 Å². The number of hydrogen-bond donors (Lipinski definition) is 0. The predicted molar refractivity (Wildman–Crippen MR) is 271 cm³/mol. The fourth-order valence-corrected chi connectivity index (χ4v) is 10.5. The van der Waals surface area contributed by atoms with Gasteiger partial charge in [0.15, 0.2) is 0 Å². The van der Waals surface area contributed by atoms with E-state index in [-0.39, 0.29) is 0 Å². The van der Waals surface area contributed by atoms with E-state index in [0.29, 0.717) is 11.8 Å². The van der Waals surface area contributed by atoms with Crippen molar-refractivity contribution in [2.24, 2.45) is 0 Å². The van der Waals surface area contributed by atoms with Crippen molar-refractivity contribution < 1.29 is 0 Å². The molecule has 2 unspecified atom stereocenters. The predicted octanol–water partition coefficient (Wildman–Crippen LogP) is 15.6. The fourth-order valence-electron chi connectivity index (χ4n) is 10.5. The Hall–Kier alpha value is -7.69. The van der Waals surface area contributed by atoms with Crippen molar-refractivity contribution in [2.45, 2.75) is 50.9 Å². The molecule has 11 aromatic rings. The number of benzene rings is 8. The lowest BCUT2D eigenvalue weighted by Gasteiger charge is -2.31. The molecule has 3 heterocycles. The summed E-state index contributed by atoms with van der Waals surface area (Å²) in [6.45, 7) is 7.16. The number of imidazole rings is 1. The van der Waals surface area contributed by atoms with Crippen molar-refractivity contribution in [2.75, 3.05) is 0 Å². The summed E-state index contributed by atoms with van der Waals surface area (Å²) in [4.78, 5) is 5.19. The molecule has 0 N–H and O–H groups in total. The van der Waals surface area contributed by atoms with Crippen LogP contribution in [-0.2, 0) is 5.41 Å². The molecule has 0 aliphatic carbocycles. The highest BCUT2D eigenvalue weighted by Crippen LogP contribution is 2.47. The molecule has 0 saturated heterocycles. The summed E-state index contributed by atoms with van der Waals surface area (Å²) in [5.74, 6) is 1.70. The molecule has 4 heteroatoms. The lowest BCUT2D eigenvalue weighted by molar-refractivity contribution is 0.544. The van der Waals surface area contributed by atoms with Gasteiger partial charge in [-0.3, -0.25) is 4.57 Å². The Morgan fingerprint density at radius 1 is 0.492 bits per heavy atom. The van der Waals surface area contributed by atoms with Gasteiger partial charge in [0.25, 0.3) is 0 Å². The van der Waals surface area contributed by atoms with Gasteiger partial charge in [-0.25, -0.2) is 4.98 Å². The van der Waals surface area contributed by atoms with Crippen LogP contribution < -0.4 is 0 Å². The second-order valence-corrected chi connectivity index (χ2v) is 17.7. The number of aromatic nitrogens is 4. The van der Waals surface area contributed by atoms with Gasteiger partial charge in [0.1, 0.15) is 5.82 Å². The molecule has 11 rings (SSSR count). The summed E-state index contributed by atoms with van der Waals surface area (Å²) in [6, 6.07) is 77.0. The summed E-state index contributed by atoms with van der Waals surface area (Å²) in [5, 5.41) is 2.50. The lowest BCUT2D eigenvalue weighted by atomic mass is 9.70. The van der Waals surface area contributed by atoms with Gasteiger partial charge in [-0.15, -0.1) is 0 Å². The summed E-state index contributed by atoms with van der Waals surface area (Å²) in [6.07, 6.45) is 6.87. The minimum atomic E-state index is -0.510. The number of fused-ring (bicyclic) bond motifs is 3. The third kappa shape index (κ3) is 7.07. The van der Waals surface area contributed by atoms with E-state index in [9.17, 15) is 0 Å². The monoisotopic (exact) mass is 840 g/mol. The Morgan fingerprint density at radius 3 is 1.57 bits per heavy atom. The molecule has 0 radical (unpaired) electrons. The van der Waals surface area contributed by atoms with Gasteiger partial charge in [0.05, 0.1) is 22.1 Å². The van der Waals surface area contributed by atoms with Crippen LogP contribution in [0.5, 0.6) is 0 Å². The van der Waals surface area contributed by atoms with Crippen molar-refractivity contribution in [1.29, 1.82) is 0 Å². The largest absolute Gasteiger partial charge is 0.316 e. The molecule has 0 spiro atoms. The zero-order valence-corrected chi connectivity index (χ0v) is 37.2. The van der Waals surface area contributed by atoms with Crippen molar-refractivity contribution in [3.05, 3.63) is 253 Å². The van der Waals surface area contributed by atoms with E-state index in [2.05, 4.69) is 259 Å². The molecule has 4 nitrogen and oxygen atoms in total. The maximum atomic E-state index is 5.19. The minimum absolute atomic E-state index is 0.345. The first-order chi connectivity index (χ1) is 32.0. The number of nitrogens with zero attached hydrogens (tertiary/aromatic N) is 4. The maximum Gasteiger partial charge on any atom is 0.145 e. The first-order valence-corrected chi connectivity index (χ1v) is 23.0. The molecule has 2 atom stereocenters. The molecule has 0 saturated carbocycles. The highest BCUT2D eigenvalue weighted by molar-refractivity contribution is 5.93. The average Bonchev–Trinajstić information content (AvgIpc) is 4.09. The number of hydrogen-bond acceptors (Lipinski definition) is 1. The zero-order chi connectivity index (χ0) is 43.9. The molecule has 0 fully saturated rings. The van der Waals surface area contributed by atoms with Gasteiger partial charge in [-0.05, 0) is 126 Å². The standard InChI is InChI=1S/C61H52N4/c1-4-44(46-21-20-22-47(40-46)60-62-56-31-16-19-34-59(56)65(60)51-27-12-7-13-28-51)39-43(2)45-35-37-48(38-36-45)61(3,54-41-63(49-23-8-5-9-24-49)57-32-17-14-29-52(54)57)55-42-64(50-25-10-6-11-26-50)58-33-18-15-30-53(55)58/h5-38,40-44H,4,39H2,1-3H3. The molecule has 65 heavy (non-hydrogen) atoms. The van der Waals surface area contributed by atoms with Crippen LogP contribution in [0.25, 0.3) is 61.3 Å². The van der Waals surface area contributed by atoms with Crippen LogP contribution in [0.2, 0.25) is 0 Å². The van der Waals surface area contributed by atoms with E-state index in [1.54, 1.807) is 0 Å². The van der Waals surface area contributed by atoms with Crippen LogP contribution in [0.4, 0.5) is 0 Å². The quantitative estimate of drug-likeness (QED) is 0.120. The van der Waals surface area contributed by atoms with Crippen molar-refractivity contribution in [3.8, 4) is 28.5 Å². The van der Waals surface area contributed by atoms with Gasteiger partial charge in [0, 0.05) is 51.2 Å². The molecule has 0 aliphatic heterocycles. The van der Waals surface area contributed by atoms with E-state index in [1.165, 1.54) is 49.6 Å². The molecule has 8 aromatic carbocycles. The molecule has 3 aromatic heterocycles. The summed E-state index contributed by atoms with van der Waals surface area (Å²) in [5.41, 5.74) is 15.1. The molecular weight excluding hydrogens is 789 g/mol. The first kappa shape index (κ1) is 40.1. The van der Waals surface area contributed by atoms with E-state index in [4.69, 9.17) is 4.98 Å². The Bertz CT molecular complexity index is 3290. The number of rotatable bonds is 12. The van der Waals surface area contributed by atoms with Crippen LogP contribution in [0, 0.1) is 0 Å². The van der Waals surface area contributed by atoms with Crippen LogP contribution in [0.15, 0.2) is 225 Å². The Balaban J connectivity index is 0.978. The fraction of sp³-hybridized carbons (Fsp3) is 0.131. The van der Waals surface area contributed by atoms with E-state index in [1.807, 2.05) is 0 Å². The summed E-state index contributed by atoms with van der Waals surface area (Å²) in [7, 11) is 0. The van der Waals surface area contributed by atoms with Crippen LogP contribution in [-0.4, -0.2) is 18.7 Å². The third-order valence-electron chi connectivity index (χ3n) is 13.9. The zero-order valence-electron chi connectivity index (χ0n) is 37.2. The molecular formula is C61H52N4. The van der Waals surface area contributed by atoms with E-state index in [0.717, 1.165) is 52.3 Å². The Kier molecular flexibility index (Phi) is 10.4. The SMILES string of the molecule is CCC(CC(C)c1ccc(C(C)(c2cn(-c3ccccc3)c3ccccc23)c2cn(-c3ccccc3)c3ccccc23)cc1)c1cccc(-c2nc3ccccc3n2-c2ccccc2)c1. The highest BCUT2D eigenvalue weighted by atomic mass is 15.1. The normalized spacial score (nSPS) is 12.8. The van der Waals surface area contributed by atoms with Gasteiger partial charge in [0.2, 0.25) is 0 Å². The molecule has 316 valence electrons. The van der Waals surface area contributed by atoms with Crippen molar-refractivity contribution in [1.82, 2.24) is 18.7 Å². The second kappa shape index (κ2) is 16.8. The summed E-state index contributed by atoms with van der Waals surface area (Å²) < 4.78 is 7.03. The molecule has 0 bridgehead atoms. The third-order valence-corrected chi connectivity index (χ3v) is 13.9. The van der Waals surface area contributed by atoms with Gasteiger partial charge in [-0.2, -0.15) is 0 Å². The van der Waals surface area contributed by atoms with Crippen molar-refractivity contribution >= 4 is 32.8 Å². The summed E-state index contributed by atoms with van der Waals surface area (Å²) >= 11 is 0. The van der Waals surface area contributed by atoms with Gasteiger partial charge >= 0.3 is 0 Å². The second-order valence-electron chi connectivity index (χ2n) is 17.7. The van der Waals surface area contributed by atoms with Gasteiger partial charge in [-0.1, -0.05) is 159 Å². The van der Waals surface area contributed by atoms with E-state index < -0.39 is 5.41 Å². The van der Waals surface area contributed by atoms with Crippen LogP contribution in [0.1, 0.15) is 73.3 Å². The average molecular weight is 841 g/mol. The topological polar surface area (TPSA) is 27.7 Å². The number of para-hydroxylation sites is 7. The van der Waals surface area contributed by atoms with Gasteiger partial charge < -0.3 is 9.13 Å². The van der Waals surface area contributed by atoms with Crippen molar-refractivity contribution in [3.63, 3.8) is 0 Å². The highest BCUT2D eigenvalue weighted by Gasteiger charge is 2.37. The Morgan fingerprint density at radius 2 is 1.00 bits per heavy atom. The van der Waals surface area contributed by atoms with Crippen LogP contribution in [0.3, 0.4) is 0 Å².